The molecule has 0 radical (unpaired) electrons. The van der Waals surface area contributed by atoms with Crippen molar-refractivity contribution in [2.24, 2.45) is 0 Å². The van der Waals surface area contributed by atoms with Crippen LogP contribution < -0.4 is 15.1 Å². The van der Waals surface area contributed by atoms with Gasteiger partial charge in [-0.25, -0.2) is 9.78 Å². The number of benzene rings is 1. The summed E-state index contributed by atoms with van der Waals surface area (Å²) in [7, 11) is 0. The first kappa shape index (κ1) is 23.1. The van der Waals surface area contributed by atoms with E-state index in [9.17, 15) is 14.7 Å². The molecule has 0 saturated carbocycles. The van der Waals surface area contributed by atoms with Gasteiger partial charge in [-0.05, 0) is 49.2 Å². The van der Waals surface area contributed by atoms with E-state index >= 15 is 0 Å². The number of carboxylic acid groups (broad SMARTS) is 1. The first-order valence-electron chi connectivity index (χ1n) is 11.0. The number of aromatic carboxylic acids is 1. The largest absolute Gasteiger partial charge is 0.477 e. The van der Waals surface area contributed by atoms with Gasteiger partial charge in [-0.3, -0.25) is 9.78 Å². The van der Waals surface area contributed by atoms with Gasteiger partial charge in [0.2, 0.25) is 11.3 Å². The fourth-order valence-electron chi connectivity index (χ4n) is 4.40. The topological polar surface area (TPSA) is 97.6 Å². The maximum absolute atomic E-state index is 13.0. The predicted molar refractivity (Wildman–Crippen MR) is 134 cm³/mol. The van der Waals surface area contributed by atoms with Gasteiger partial charge in [0.15, 0.2) is 0 Å². The number of hydrogen-bond acceptors (Lipinski definition) is 6. The number of rotatable bonds is 6. The highest BCUT2D eigenvalue weighted by Gasteiger charge is 2.28. The molecule has 5 rings (SSSR count). The number of aromatic nitrogens is 3. The molecule has 1 saturated heterocycles. The lowest BCUT2D eigenvalue weighted by molar-refractivity contribution is 0.0695. The van der Waals surface area contributed by atoms with Crippen LogP contribution in [0.3, 0.4) is 0 Å². The third-order valence-electron chi connectivity index (χ3n) is 6.05. The molecule has 1 N–H and O–H groups in total. The van der Waals surface area contributed by atoms with Crippen molar-refractivity contribution in [1.29, 1.82) is 0 Å². The molecule has 1 atom stereocenters. The van der Waals surface area contributed by atoms with Crippen molar-refractivity contribution in [3.63, 3.8) is 0 Å². The number of fused-ring (bicyclic) bond motifs is 1. The highest BCUT2D eigenvalue weighted by atomic mass is 35.5. The number of anilines is 1. The van der Waals surface area contributed by atoms with Crippen LogP contribution in [0, 0.1) is 0 Å². The Balaban J connectivity index is 1.58. The molecular weight excluding hydrogens is 491 g/mol. The lowest BCUT2D eigenvalue weighted by Gasteiger charge is -2.28. The molecule has 0 spiro atoms. The molecule has 1 aliphatic heterocycles. The third kappa shape index (κ3) is 4.42. The molecule has 4 aromatic rings. The minimum Gasteiger partial charge on any atom is -0.477 e. The van der Waals surface area contributed by atoms with Gasteiger partial charge in [-0.1, -0.05) is 23.2 Å². The van der Waals surface area contributed by atoms with Gasteiger partial charge in [-0.15, -0.1) is 0 Å². The van der Waals surface area contributed by atoms with Crippen LogP contribution in [-0.4, -0.2) is 44.8 Å². The zero-order valence-electron chi connectivity index (χ0n) is 18.4. The summed E-state index contributed by atoms with van der Waals surface area (Å²) >= 11 is 12.8. The van der Waals surface area contributed by atoms with E-state index in [1.807, 2.05) is 6.07 Å². The zero-order chi connectivity index (χ0) is 24.5. The van der Waals surface area contributed by atoms with Crippen LogP contribution in [-0.2, 0) is 0 Å². The summed E-state index contributed by atoms with van der Waals surface area (Å²) in [6.07, 6.45) is 7.99. The van der Waals surface area contributed by atoms with Gasteiger partial charge >= 0.3 is 5.97 Å². The first-order valence-corrected chi connectivity index (χ1v) is 11.7. The number of halogens is 2. The molecule has 4 heterocycles. The molecule has 178 valence electrons. The van der Waals surface area contributed by atoms with Crippen molar-refractivity contribution in [3.8, 4) is 11.6 Å². The SMILES string of the molecule is O=C(O)c1cn(-c2cccnc2)c2cc(N3CCC[C@@H]3COc3ncccc3Cl)c(Cl)cc2c1=O. The molecule has 3 aromatic heterocycles. The van der Waals surface area contributed by atoms with Crippen LogP contribution in [0.5, 0.6) is 5.88 Å². The van der Waals surface area contributed by atoms with E-state index in [4.69, 9.17) is 27.9 Å². The van der Waals surface area contributed by atoms with Gasteiger partial charge in [0.1, 0.15) is 17.2 Å². The highest BCUT2D eigenvalue weighted by Crippen LogP contribution is 2.36. The minimum atomic E-state index is -1.31. The van der Waals surface area contributed by atoms with Crippen LogP contribution >= 0.6 is 23.2 Å². The van der Waals surface area contributed by atoms with E-state index in [-0.39, 0.29) is 17.0 Å². The Morgan fingerprint density at radius 2 is 2.00 bits per heavy atom. The number of ether oxygens (including phenoxy) is 1. The summed E-state index contributed by atoms with van der Waals surface area (Å²) in [6.45, 7) is 1.11. The molecule has 0 bridgehead atoms. The summed E-state index contributed by atoms with van der Waals surface area (Å²) < 4.78 is 7.55. The average Bonchev–Trinajstić information content (AvgIpc) is 3.32. The van der Waals surface area contributed by atoms with E-state index in [1.165, 1.54) is 6.20 Å². The summed E-state index contributed by atoms with van der Waals surface area (Å²) in [5, 5.41) is 10.6. The minimum absolute atomic E-state index is 0.0138. The van der Waals surface area contributed by atoms with E-state index in [0.29, 0.717) is 33.7 Å². The Bertz CT molecular complexity index is 1480. The third-order valence-corrected chi connectivity index (χ3v) is 6.64. The molecule has 1 aliphatic rings. The predicted octanol–water partition coefficient (Wildman–Crippen LogP) is 4.83. The monoisotopic (exact) mass is 510 g/mol. The van der Waals surface area contributed by atoms with Crippen LogP contribution in [0.15, 0.2) is 66.0 Å². The maximum Gasteiger partial charge on any atom is 0.341 e. The second kappa shape index (κ2) is 9.56. The van der Waals surface area contributed by atoms with Gasteiger partial charge < -0.3 is 19.3 Å². The smallest absolute Gasteiger partial charge is 0.341 e. The summed E-state index contributed by atoms with van der Waals surface area (Å²) in [5.74, 6) is -0.933. The summed E-state index contributed by atoms with van der Waals surface area (Å²) in [4.78, 5) is 35.2. The first-order chi connectivity index (χ1) is 16.9. The van der Waals surface area contributed by atoms with Gasteiger partial charge in [0.05, 0.1) is 34.2 Å². The van der Waals surface area contributed by atoms with E-state index in [0.717, 1.165) is 25.1 Å². The Labute approximate surface area is 210 Å². The highest BCUT2D eigenvalue weighted by molar-refractivity contribution is 6.34. The maximum atomic E-state index is 13.0. The normalized spacial score (nSPS) is 15.5. The Kier molecular flexibility index (Phi) is 6.32. The molecule has 0 aliphatic carbocycles. The van der Waals surface area contributed by atoms with Gasteiger partial charge in [0.25, 0.3) is 0 Å². The van der Waals surface area contributed by atoms with Crippen LogP contribution in [0.2, 0.25) is 10.0 Å². The molecule has 8 nitrogen and oxygen atoms in total. The number of pyridine rings is 3. The van der Waals surface area contributed by atoms with Crippen molar-refractivity contribution in [2.45, 2.75) is 18.9 Å². The number of carbonyl (C=O) groups is 1. The van der Waals surface area contributed by atoms with Gasteiger partial charge in [0, 0.05) is 30.5 Å². The number of carboxylic acids is 1. The molecule has 35 heavy (non-hydrogen) atoms. The second-order valence-corrected chi connectivity index (χ2v) is 8.98. The fourth-order valence-corrected chi connectivity index (χ4v) is 4.84. The van der Waals surface area contributed by atoms with Crippen molar-refractivity contribution in [2.75, 3.05) is 18.1 Å². The lowest BCUT2D eigenvalue weighted by atomic mass is 10.1. The summed E-state index contributed by atoms with van der Waals surface area (Å²) in [5.41, 5.74) is 0.959. The van der Waals surface area contributed by atoms with E-state index in [2.05, 4.69) is 14.9 Å². The molecular formula is C25H20Cl2N4O4. The molecule has 10 heteroatoms. The lowest BCUT2D eigenvalue weighted by Crippen LogP contribution is -2.34. The average molecular weight is 511 g/mol. The molecule has 0 unspecified atom stereocenters. The quantitative estimate of drug-likeness (QED) is 0.396. The molecule has 0 amide bonds. The number of hydrogen-bond donors (Lipinski definition) is 1. The zero-order valence-corrected chi connectivity index (χ0v) is 19.9. The summed E-state index contributed by atoms with van der Waals surface area (Å²) in [6, 6.07) is 10.4. The standard InChI is InChI=1S/C25H20Cl2N4O4/c26-19-6-2-8-29-24(19)35-14-16-5-3-9-30(16)22-11-21-17(10-20(22)27)23(32)18(25(33)34)13-31(21)15-4-1-7-28-12-15/h1-2,4,6-8,10-13,16H,3,5,9,14H2,(H,33,34)/t16-/m1/s1. The van der Waals surface area contributed by atoms with Crippen molar-refractivity contribution in [1.82, 2.24) is 14.5 Å². The van der Waals surface area contributed by atoms with Crippen LogP contribution in [0.4, 0.5) is 5.69 Å². The van der Waals surface area contributed by atoms with Crippen LogP contribution in [0.1, 0.15) is 23.2 Å². The van der Waals surface area contributed by atoms with E-state index < -0.39 is 11.4 Å². The number of nitrogens with zero attached hydrogens (tertiary/aromatic N) is 4. The van der Waals surface area contributed by atoms with Gasteiger partial charge in [-0.2, -0.15) is 0 Å². The Morgan fingerprint density at radius 1 is 1.17 bits per heavy atom. The van der Waals surface area contributed by atoms with Crippen molar-refractivity contribution < 1.29 is 14.6 Å². The Morgan fingerprint density at radius 3 is 2.74 bits per heavy atom. The second-order valence-electron chi connectivity index (χ2n) is 8.17. The fraction of sp³-hybridized carbons (Fsp3) is 0.200. The van der Waals surface area contributed by atoms with Crippen LogP contribution in [0.25, 0.3) is 16.6 Å². The molecule has 1 fully saturated rings. The van der Waals surface area contributed by atoms with E-state index in [1.54, 1.807) is 53.5 Å². The van der Waals surface area contributed by atoms with Crippen molar-refractivity contribution >= 4 is 45.8 Å². The van der Waals surface area contributed by atoms with Crippen molar-refractivity contribution in [3.05, 3.63) is 87.0 Å². The molecule has 1 aromatic carbocycles. The Hall–Kier alpha value is -3.62.